The van der Waals surface area contributed by atoms with Gasteiger partial charge in [-0.05, 0) is 36.7 Å². The first-order chi connectivity index (χ1) is 9.70. The number of halogens is 1. The van der Waals surface area contributed by atoms with Crippen molar-refractivity contribution in [3.8, 4) is 0 Å². The van der Waals surface area contributed by atoms with Crippen LogP contribution in [-0.2, 0) is 6.54 Å². The summed E-state index contributed by atoms with van der Waals surface area (Å²) < 4.78 is 1.73. The Kier molecular flexibility index (Phi) is 3.84. The van der Waals surface area contributed by atoms with E-state index in [2.05, 4.69) is 20.7 Å². The summed E-state index contributed by atoms with van der Waals surface area (Å²) in [6, 6.07) is 8.20. The maximum Gasteiger partial charge on any atom is 0.248 e. The Morgan fingerprint density at radius 3 is 2.95 bits per heavy atom. The van der Waals surface area contributed by atoms with Gasteiger partial charge in [-0.3, -0.25) is 5.32 Å². The molecule has 0 atom stereocenters. The Bertz CT molecular complexity index is 623. The molecule has 0 spiro atoms. The molecule has 0 amide bonds. The number of nitrogens with zero attached hydrogens (tertiary/aromatic N) is 3. The monoisotopic (exact) mass is 307 g/mol. The Labute approximate surface area is 127 Å². The molecule has 1 aromatic carbocycles. The molecule has 0 bridgehead atoms. The van der Waals surface area contributed by atoms with Crippen LogP contribution in [0.2, 0.25) is 5.02 Å². The molecule has 3 rings (SSSR count). The topological polar surface area (TPSA) is 54.8 Å². The van der Waals surface area contributed by atoms with E-state index in [9.17, 15) is 0 Å². The largest absolute Gasteiger partial charge is 0.360 e. The number of hydrogen-bond donors (Lipinski definition) is 2. The van der Waals surface area contributed by atoms with Crippen LogP contribution in [0.1, 0.15) is 18.4 Å². The van der Waals surface area contributed by atoms with Gasteiger partial charge in [-0.2, -0.15) is 0 Å². The SMILES string of the molecule is S=C(Nc1ncn(Cc2ccccc2Cl)n1)NC1CC1. The summed E-state index contributed by atoms with van der Waals surface area (Å²) in [6.07, 6.45) is 4.01. The van der Waals surface area contributed by atoms with E-state index in [0.717, 1.165) is 10.6 Å². The zero-order valence-electron chi connectivity index (χ0n) is 10.7. The first kappa shape index (κ1) is 13.3. The van der Waals surface area contributed by atoms with Crippen molar-refractivity contribution >= 4 is 34.9 Å². The second kappa shape index (κ2) is 5.76. The maximum atomic E-state index is 6.12. The van der Waals surface area contributed by atoms with Crippen LogP contribution in [0.3, 0.4) is 0 Å². The lowest BCUT2D eigenvalue weighted by Gasteiger charge is -2.06. The van der Waals surface area contributed by atoms with Crippen molar-refractivity contribution in [1.29, 1.82) is 0 Å². The average Bonchev–Trinajstić information content (AvgIpc) is 3.12. The molecule has 0 radical (unpaired) electrons. The molecule has 5 nitrogen and oxygen atoms in total. The molecule has 1 aliphatic carbocycles. The molecule has 1 aromatic heterocycles. The normalized spacial score (nSPS) is 14.1. The molecule has 20 heavy (non-hydrogen) atoms. The number of aromatic nitrogens is 3. The summed E-state index contributed by atoms with van der Waals surface area (Å²) in [7, 11) is 0. The van der Waals surface area contributed by atoms with Gasteiger partial charge in [-0.25, -0.2) is 9.67 Å². The molecule has 1 fully saturated rings. The molecular weight excluding hydrogens is 294 g/mol. The van der Waals surface area contributed by atoms with Crippen LogP contribution in [0.5, 0.6) is 0 Å². The highest BCUT2D eigenvalue weighted by atomic mass is 35.5. The van der Waals surface area contributed by atoms with Crippen molar-refractivity contribution in [2.75, 3.05) is 5.32 Å². The Morgan fingerprint density at radius 1 is 1.40 bits per heavy atom. The second-order valence-electron chi connectivity index (χ2n) is 4.73. The molecule has 1 saturated carbocycles. The summed E-state index contributed by atoms with van der Waals surface area (Å²) in [6.45, 7) is 0.581. The fraction of sp³-hybridized carbons (Fsp3) is 0.308. The molecule has 1 heterocycles. The van der Waals surface area contributed by atoms with E-state index in [-0.39, 0.29) is 0 Å². The van der Waals surface area contributed by atoms with Crippen LogP contribution in [0.25, 0.3) is 0 Å². The van der Waals surface area contributed by atoms with Crippen molar-refractivity contribution in [3.63, 3.8) is 0 Å². The summed E-state index contributed by atoms with van der Waals surface area (Å²) in [4.78, 5) is 4.18. The Morgan fingerprint density at radius 2 is 2.20 bits per heavy atom. The number of anilines is 1. The highest BCUT2D eigenvalue weighted by Gasteiger charge is 2.22. The van der Waals surface area contributed by atoms with Gasteiger partial charge in [0, 0.05) is 11.1 Å². The van der Waals surface area contributed by atoms with Crippen LogP contribution in [-0.4, -0.2) is 25.9 Å². The molecular formula is C13H14ClN5S. The van der Waals surface area contributed by atoms with E-state index in [4.69, 9.17) is 23.8 Å². The third-order valence-electron chi connectivity index (χ3n) is 2.96. The van der Waals surface area contributed by atoms with Gasteiger partial charge in [-0.15, -0.1) is 5.10 Å². The van der Waals surface area contributed by atoms with Crippen LogP contribution >= 0.6 is 23.8 Å². The molecule has 0 unspecified atom stereocenters. The van der Waals surface area contributed by atoms with E-state index in [1.54, 1.807) is 11.0 Å². The summed E-state index contributed by atoms with van der Waals surface area (Å²) in [5, 5.41) is 11.8. The molecule has 104 valence electrons. The van der Waals surface area contributed by atoms with Crippen LogP contribution in [0, 0.1) is 0 Å². The van der Waals surface area contributed by atoms with Crippen molar-refractivity contribution in [1.82, 2.24) is 20.1 Å². The first-order valence-electron chi connectivity index (χ1n) is 6.41. The fourth-order valence-corrected chi connectivity index (χ4v) is 2.23. The van der Waals surface area contributed by atoms with E-state index < -0.39 is 0 Å². The average molecular weight is 308 g/mol. The lowest BCUT2D eigenvalue weighted by molar-refractivity contribution is 0.687. The minimum Gasteiger partial charge on any atom is -0.360 e. The predicted molar refractivity (Wildman–Crippen MR) is 83.0 cm³/mol. The second-order valence-corrected chi connectivity index (χ2v) is 5.55. The summed E-state index contributed by atoms with van der Waals surface area (Å²) >= 11 is 11.3. The molecule has 2 N–H and O–H groups in total. The van der Waals surface area contributed by atoms with Gasteiger partial charge < -0.3 is 5.32 Å². The van der Waals surface area contributed by atoms with Crippen molar-refractivity contribution in [2.45, 2.75) is 25.4 Å². The smallest absolute Gasteiger partial charge is 0.248 e. The Hall–Kier alpha value is -1.66. The standard InChI is InChI=1S/C13H14ClN5S/c14-11-4-2-1-3-9(11)7-19-8-15-12(18-19)17-13(20)16-10-5-6-10/h1-4,8,10H,5-7H2,(H2,16,17,18,20). The highest BCUT2D eigenvalue weighted by Crippen LogP contribution is 2.18. The number of benzene rings is 1. The van der Waals surface area contributed by atoms with Crippen molar-refractivity contribution in [2.24, 2.45) is 0 Å². The lowest BCUT2D eigenvalue weighted by Crippen LogP contribution is -2.30. The lowest BCUT2D eigenvalue weighted by atomic mass is 10.2. The zero-order valence-corrected chi connectivity index (χ0v) is 12.3. The van der Waals surface area contributed by atoms with E-state index in [0.29, 0.717) is 23.6 Å². The van der Waals surface area contributed by atoms with E-state index in [1.807, 2.05) is 24.3 Å². The molecule has 2 aromatic rings. The van der Waals surface area contributed by atoms with Crippen LogP contribution in [0.15, 0.2) is 30.6 Å². The molecule has 0 aliphatic heterocycles. The fourth-order valence-electron chi connectivity index (χ4n) is 1.78. The van der Waals surface area contributed by atoms with E-state index in [1.165, 1.54) is 12.8 Å². The minimum absolute atomic E-state index is 0.496. The van der Waals surface area contributed by atoms with Crippen molar-refractivity contribution < 1.29 is 0 Å². The maximum absolute atomic E-state index is 6.12. The third kappa shape index (κ3) is 3.46. The van der Waals surface area contributed by atoms with Gasteiger partial charge in [0.05, 0.1) is 6.54 Å². The van der Waals surface area contributed by atoms with Gasteiger partial charge in [0.1, 0.15) is 6.33 Å². The Balaban J connectivity index is 1.61. The van der Waals surface area contributed by atoms with Gasteiger partial charge in [-0.1, -0.05) is 29.8 Å². The zero-order chi connectivity index (χ0) is 13.9. The molecule has 0 saturated heterocycles. The third-order valence-corrected chi connectivity index (χ3v) is 3.55. The predicted octanol–water partition coefficient (Wildman–Crippen LogP) is 2.43. The number of thiocarbonyl (C=S) groups is 1. The number of hydrogen-bond acceptors (Lipinski definition) is 3. The number of rotatable bonds is 4. The molecule has 7 heteroatoms. The van der Waals surface area contributed by atoms with E-state index >= 15 is 0 Å². The van der Waals surface area contributed by atoms with Crippen LogP contribution in [0.4, 0.5) is 5.95 Å². The van der Waals surface area contributed by atoms with Gasteiger partial charge in [0.25, 0.3) is 0 Å². The first-order valence-corrected chi connectivity index (χ1v) is 7.20. The molecule has 1 aliphatic rings. The van der Waals surface area contributed by atoms with Gasteiger partial charge in [0.15, 0.2) is 5.11 Å². The van der Waals surface area contributed by atoms with Crippen LogP contribution < -0.4 is 10.6 Å². The quantitative estimate of drug-likeness (QED) is 0.850. The summed E-state index contributed by atoms with van der Waals surface area (Å²) in [5.74, 6) is 0.496. The van der Waals surface area contributed by atoms with Gasteiger partial charge >= 0.3 is 0 Å². The summed E-state index contributed by atoms with van der Waals surface area (Å²) in [5.41, 5.74) is 1.00. The number of nitrogens with one attached hydrogen (secondary N) is 2. The van der Waals surface area contributed by atoms with Crippen molar-refractivity contribution in [3.05, 3.63) is 41.2 Å². The highest BCUT2D eigenvalue weighted by molar-refractivity contribution is 7.80. The van der Waals surface area contributed by atoms with Gasteiger partial charge in [0.2, 0.25) is 5.95 Å². The minimum atomic E-state index is 0.496.